The largest absolute Gasteiger partial charge is 0.455 e. The van der Waals surface area contributed by atoms with Gasteiger partial charge in [0.1, 0.15) is 11.2 Å². The molecular formula is C54H35NO. The average molecular weight is 714 g/mol. The Morgan fingerprint density at radius 1 is 0.286 bits per heavy atom. The van der Waals surface area contributed by atoms with Gasteiger partial charge >= 0.3 is 0 Å². The lowest BCUT2D eigenvalue weighted by Crippen LogP contribution is -2.09. The smallest absolute Gasteiger partial charge is 0.143 e. The fraction of sp³-hybridized carbons (Fsp3) is 0. The van der Waals surface area contributed by atoms with Crippen molar-refractivity contribution in [1.82, 2.24) is 0 Å². The van der Waals surface area contributed by atoms with E-state index in [9.17, 15) is 0 Å². The molecule has 0 saturated carbocycles. The van der Waals surface area contributed by atoms with Crippen molar-refractivity contribution in [2.24, 2.45) is 0 Å². The third-order valence-corrected chi connectivity index (χ3v) is 11.2. The van der Waals surface area contributed by atoms with Gasteiger partial charge in [-0.3, -0.25) is 0 Å². The Bertz CT molecular complexity index is 3230. The second-order valence-corrected chi connectivity index (χ2v) is 14.5. The topological polar surface area (TPSA) is 16.4 Å². The van der Waals surface area contributed by atoms with Crippen molar-refractivity contribution in [3.05, 3.63) is 212 Å². The molecule has 1 aromatic heterocycles. The molecule has 11 aromatic rings. The number of rotatable bonds is 6. The van der Waals surface area contributed by atoms with E-state index in [-0.39, 0.29) is 0 Å². The average Bonchev–Trinajstić information content (AvgIpc) is 3.65. The van der Waals surface area contributed by atoms with Crippen LogP contribution in [-0.2, 0) is 0 Å². The molecule has 0 N–H and O–H groups in total. The van der Waals surface area contributed by atoms with Crippen molar-refractivity contribution in [2.75, 3.05) is 4.90 Å². The number of nitrogens with zero attached hydrogens (tertiary/aromatic N) is 1. The van der Waals surface area contributed by atoms with Crippen LogP contribution in [-0.4, -0.2) is 0 Å². The van der Waals surface area contributed by atoms with Crippen LogP contribution in [0, 0.1) is 0 Å². The van der Waals surface area contributed by atoms with Gasteiger partial charge in [0.05, 0.1) is 0 Å². The van der Waals surface area contributed by atoms with Crippen molar-refractivity contribution in [2.45, 2.75) is 0 Å². The molecule has 2 nitrogen and oxygen atoms in total. The minimum Gasteiger partial charge on any atom is -0.455 e. The molecule has 1 heterocycles. The molecule has 0 aliphatic carbocycles. The zero-order valence-corrected chi connectivity index (χ0v) is 30.6. The maximum atomic E-state index is 6.48. The first-order valence-electron chi connectivity index (χ1n) is 19.2. The highest BCUT2D eigenvalue weighted by atomic mass is 16.3. The van der Waals surface area contributed by atoms with Crippen molar-refractivity contribution in [3.8, 4) is 33.4 Å². The summed E-state index contributed by atoms with van der Waals surface area (Å²) in [7, 11) is 0. The molecule has 56 heavy (non-hydrogen) atoms. The molecule has 0 aliphatic heterocycles. The molecule has 0 aliphatic rings. The minimum atomic E-state index is 0.895. The van der Waals surface area contributed by atoms with E-state index < -0.39 is 0 Å². The number of furan rings is 1. The molecule has 0 radical (unpaired) electrons. The molecule has 10 aromatic carbocycles. The van der Waals surface area contributed by atoms with E-state index in [0.717, 1.165) is 61.3 Å². The summed E-state index contributed by atoms with van der Waals surface area (Å²) in [5.74, 6) is 0. The number of para-hydroxylation sites is 1. The molecule has 0 saturated heterocycles. The fourth-order valence-corrected chi connectivity index (χ4v) is 8.38. The molecule has 0 unspecified atom stereocenters. The fourth-order valence-electron chi connectivity index (χ4n) is 8.38. The summed E-state index contributed by atoms with van der Waals surface area (Å²) in [6.07, 6.45) is 0. The number of fused-ring (bicyclic) bond motifs is 7. The molecule has 262 valence electrons. The second-order valence-electron chi connectivity index (χ2n) is 14.5. The van der Waals surface area contributed by atoms with Crippen LogP contribution in [0.1, 0.15) is 0 Å². The van der Waals surface area contributed by atoms with Gasteiger partial charge in [-0.25, -0.2) is 0 Å². The van der Waals surface area contributed by atoms with Crippen LogP contribution >= 0.6 is 0 Å². The second kappa shape index (κ2) is 13.2. The quantitative estimate of drug-likeness (QED) is 0.160. The Labute approximate surface area is 325 Å². The lowest BCUT2D eigenvalue weighted by molar-refractivity contribution is 0.670. The van der Waals surface area contributed by atoms with E-state index >= 15 is 0 Å². The standard InChI is InChI=1S/C54H35NO/c1-2-10-39(11-3-1)50-15-8-16-51-52-35-43(25-32-53(52)56-54(50)51)38-23-28-46(29-24-38)55(47-30-31-49-44(34-47)20-18-40-12-6-7-14-48(40)49)45-26-21-37(22-27-45)42-19-17-36-9-4-5-13-41(36)33-42/h1-35H. The van der Waals surface area contributed by atoms with Crippen LogP contribution in [0.15, 0.2) is 217 Å². The van der Waals surface area contributed by atoms with E-state index in [1.54, 1.807) is 0 Å². The van der Waals surface area contributed by atoms with Crippen LogP contribution < -0.4 is 4.90 Å². The SMILES string of the molecule is c1ccc(-c2cccc3c2oc2ccc(-c4ccc(N(c5ccc(-c6ccc7ccccc7c6)cc5)c5ccc6c(ccc7ccccc76)c5)cc4)cc23)cc1. The van der Waals surface area contributed by atoms with Crippen molar-refractivity contribution >= 4 is 71.3 Å². The zero-order chi connectivity index (χ0) is 37.0. The van der Waals surface area contributed by atoms with Crippen molar-refractivity contribution in [3.63, 3.8) is 0 Å². The highest BCUT2D eigenvalue weighted by Crippen LogP contribution is 2.41. The third kappa shape index (κ3) is 5.51. The highest BCUT2D eigenvalue weighted by molar-refractivity contribution is 6.11. The van der Waals surface area contributed by atoms with E-state index in [0.29, 0.717) is 0 Å². The minimum absolute atomic E-state index is 0.895. The lowest BCUT2D eigenvalue weighted by Gasteiger charge is -2.26. The first-order chi connectivity index (χ1) is 27.7. The van der Waals surface area contributed by atoms with Gasteiger partial charge < -0.3 is 9.32 Å². The first kappa shape index (κ1) is 32.0. The first-order valence-corrected chi connectivity index (χ1v) is 19.2. The van der Waals surface area contributed by atoms with Crippen LogP contribution in [0.2, 0.25) is 0 Å². The van der Waals surface area contributed by atoms with Gasteiger partial charge in [-0.05, 0) is 115 Å². The molecule has 0 amide bonds. The Morgan fingerprint density at radius 3 is 1.64 bits per heavy atom. The van der Waals surface area contributed by atoms with Gasteiger partial charge in [0.25, 0.3) is 0 Å². The van der Waals surface area contributed by atoms with E-state index in [2.05, 4.69) is 211 Å². The molecule has 0 spiro atoms. The maximum Gasteiger partial charge on any atom is 0.143 e. The summed E-state index contributed by atoms with van der Waals surface area (Å²) >= 11 is 0. The van der Waals surface area contributed by atoms with Crippen LogP contribution in [0.5, 0.6) is 0 Å². The molecule has 2 heteroatoms. The summed E-state index contributed by atoms with van der Waals surface area (Å²) in [5, 5.41) is 9.74. The molecule has 11 rings (SSSR count). The predicted molar refractivity (Wildman–Crippen MR) is 237 cm³/mol. The molecule has 0 atom stereocenters. The van der Waals surface area contributed by atoms with E-state index in [4.69, 9.17) is 4.42 Å². The molecule has 0 bridgehead atoms. The summed E-state index contributed by atoms with van der Waals surface area (Å²) in [4.78, 5) is 2.36. The number of hydrogen-bond acceptors (Lipinski definition) is 2. The summed E-state index contributed by atoms with van der Waals surface area (Å²) in [6, 6.07) is 76.5. The van der Waals surface area contributed by atoms with Crippen molar-refractivity contribution in [1.29, 1.82) is 0 Å². The van der Waals surface area contributed by atoms with Gasteiger partial charge in [-0.15, -0.1) is 0 Å². The van der Waals surface area contributed by atoms with Gasteiger partial charge in [0.2, 0.25) is 0 Å². The van der Waals surface area contributed by atoms with Gasteiger partial charge in [-0.2, -0.15) is 0 Å². The number of anilines is 3. The Kier molecular flexibility index (Phi) is 7.53. The number of hydrogen-bond donors (Lipinski definition) is 0. The molecule has 0 fully saturated rings. The summed E-state index contributed by atoms with van der Waals surface area (Å²) in [6.45, 7) is 0. The van der Waals surface area contributed by atoms with Gasteiger partial charge in [0, 0.05) is 33.4 Å². The van der Waals surface area contributed by atoms with E-state index in [1.807, 2.05) is 6.07 Å². The summed E-state index contributed by atoms with van der Waals surface area (Å²) < 4.78 is 6.48. The van der Waals surface area contributed by atoms with Crippen LogP contribution in [0.4, 0.5) is 17.1 Å². The molecular weight excluding hydrogens is 679 g/mol. The highest BCUT2D eigenvalue weighted by Gasteiger charge is 2.16. The van der Waals surface area contributed by atoms with Crippen LogP contribution in [0.25, 0.3) is 87.6 Å². The monoisotopic (exact) mass is 713 g/mol. The Morgan fingerprint density at radius 2 is 0.857 bits per heavy atom. The zero-order valence-electron chi connectivity index (χ0n) is 30.6. The van der Waals surface area contributed by atoms with Crippen LogP contribution in [0.3, 0.4) is 0 Å². The normalized spacial score (nSPS) is 11.6. The van der Waals surface area contributed by atoms with Crippen molar-refractivity contribution < 1.29 is 4.42 Å². The predicted octanol–water partition coefficient (Wildman–Crippen LogP) is 15.5. The lowest BCUT2D eigenvalue weighted by atomic mass is 9.99. The van der Waals surface area contributed by atoms with Gasteiger partial charge in [0.15, 0.2) is 0 Å². The Balaban J connectivity index is 0.989. The Hall–Kier alpha value is -7.42. The third-order valence-electron chi connectivity index (χ3n) is 11.2. The summed E-state index contributed by atoms with van der Waals surface area (Å²) in [5.41, 5.74) is 12.1. The van der Waals surface area contributed by atoms with Gasteiger partial charge in [-0.1, -0.05) is 158 Å². The maximum absolute atomic E-state index is 6.48. The van der Waals surface area contributed by atoms with E-state index in [1.165, 1.54) is 43.4 Å². The number of benzene rings is 10.